The van der Waals surface area contributed by atoms with E-state index in [1.807, 2.05) is 0 Å². The molecule has 2 aromatic carbocycles. The first-order chi connectivity index (χ1) is 11.0. The third-order valence-electron chi connectivity index (χ3n) is 2.95. The summed E-state index contributed by atoms with van der Waals surface area (Å²) in [5.74, 6) is -2.05. The average molecular weight is 315 g/mol. The molecule has 0 heterocycles. The molecular weight excluding hydrogens is 301 g/mol. The van der Waals surface area contributed by atoms with Crippen LogP contribution in [0.4, 0.5) is 10.1 Å². The van der Waals surface area contributed by atoms with Gasteiger partial charge >= 0.3 is 5.97 Å². The molecule has 0 radical (unpaired) electrons. The van der Waals surface area contributed by atoms with Crippen molar-refractivity contribution in [2.24, 2.45) is 0 Å². The molecule has 1 N–H and O–H groups in total. The first-order valence-corrected chi connectivity index (χ1v) is 6.79. The second-order valence-corrected chi connectivity index (χ2v) is 4.77. The van der Waals surface area contributed by atoms with Gasteiger partial charge in [-0.15, -0.1) is 0 Å². The number of hydrogen-bond donors (Lipinski definition) is 1. The number of halogens is 1. The van der Waals surface area contributed by atoms with Crippen molar-refractivity contribution in [2.45, 2.75) is 6.92 Å². The number of rotatable bonds is 5. The summed E-state index contributed by atoms with van der Waals surface area (Å²) in [6, 6.07) is 11.4. The van der Waals surface area contributed by atoms with Gasteiger partial charge in [0.15, 0.2) is 12.4 Å². The van der Waals surface area contributed by atoms with E-state index in [2.05, 4.69) is 5.32 Å². The summed E-state index contributed by atoms with van der Waals surface area (Å²) in [7, 11) is 0. The fraction of sp³-hybridized carbons (Fsp3) is 0.118. The highest BCUT2D eigenvalue weighted by molar-refractivity contribution is 5.98. The molecule has 118 valence electrons. The number of nitrogens with one attached hydrogen (secondary N) is 1. The number of amides is 1. The van der Waals surface area contributed by atoms with E-state index in [1.165, 1.54) is 31.2 Å². The van der Waals surface area contributed by atoms with Gasteiger partial charge in [-0.3, -0.25) is 9.59 Å². The Kier molecular flexibility index (Phi) is 5.19. The van der Waals surface area contributed by atoms with Crippen molar-refractivity contribution in [1.29, 1.82) is 0 Å². The number of ketones is 1. The van der Waals surface area contributed by atoms with Crippen LogP contribution in [0.15, 0.2) is 48.5 Å². The van der Waals surface area contributed by atoms with E-state index in [-0.39, 0.29) is 11.3 Å². The van der Waals surface area contributed by atoms with E-state index < -0.39 is 24.3 Å². The summed E-state index contributed by atoms with van der Waals surface area (Å²) in [6.07, 6.45) is 0. The van der Waals surface area contributed by atoms with Crippen LogP contribution in [-0.2, 0) is 9.53 Å². The third-order valence-corrected chi connectivity index (χ3v) is 2.95. The van der Waals surface area contributed by atoms with Gasteiger partial charge in [0.25, 0.3) is 5.91 Å². The minimum atomic E-state index is -0.794. The zero-order valence-electron chi connectivity index (χ0n) is 12.3. The van der Waals surface area contributed by atoms with Crippen LogP contribution in [0.3, 0.4) is 0 Å². The number of esters is 1. The topological polar surface area (TPSA) is 72.5 Å². The number of carbonyl (C=O) groups excluding carboxylic acids is 3. The highest BCUT2D eigenvalue weighted by Gasteiger charge is 2.11. The average Bonchev–Trinajstić information content (AvgIpc) is 2.53. The van der Waals surface area contributed by atoms with Crippen LogP contribution in [0, 0.1) is 5.82 Å². The summed E-state index contributed by atoms with van der Waals surface area (Å²) < 4.78 is 17.8. The van der Waals surface area contributed by atoms with Crippen molar-refractivity contribution < 1.29 is 23.5 Å². The Labute approximate surface area is 132 Å². The van der Waals surface area contributed by atoms with Crippen LogP contribution < -0.4 is 5.32 Å². The van der Waals surface area contributed by atoms with Crippen molar-refractivity contribution in [3.8, 4) is 0 Å². The molecule has 5 nitrogen and oxygen atoms in total. The lowest BCUT2D eigenvalue weighted by molar-refractivity contribution is -0.119. The molecule has 0 aliphatic rings. The number of Topliss-reactive ketones (excluding diaryl/α,β-unsaturated/α-hetero) is 1. The van der Waals surface area contributed by atoms with Gasteiger partial charge in [-0.2, -0.15) is 0 Å². The van der Waals surface area contributed by atoms with Gasteiger partial charge in [-0.05, 0) is 37.3 Å². The van der Waals surface area contributed by atoms with Gasteiger partial charge in [0, 0.05) is 11.3 Å². The molecule has 0 fully saturated rings. The van der Waals surface area contributed by atoms with Crippen LogP contribution >= 0.6 is 0 Å². The van der Waals surface area contributed by atoms with Gasteiger partial charge < -0.3 is 10.1 Å². The molecule has 6 heteroatoms. The maximum atomic E-state index is 13.0. The van der Waals surface area contributed by atoms with Gasteiger partial charge in [0.2, 0.25) is 0 Å². The van der Waals surface area contributed by atoms with Crippen LogP contribution in [0.2, 0.25) is 0 Å². The summed E-state index contributed by atoms with van der Waals surface area (Å²) in [5.41, 5.74) is 0.903. The van der Waals surface area contributed by atoms with Crippen molar-refractivity contribution in [3.05, 3.63) is 65.5 Å². The van der Waals surface area contributed by atoms with Crippen LogP contribution in [0.5, 0.6) is 0 Å². The summed E-state index contributed by atoms with van der Waals surface area (Å²) >= 11 is 0. The van der Waals surface area contributed by atoms with E-state index >= 15 is 0 Å². The fourth-order valence-corrected chi connectivity index (χ4v) is 1.84. The number of carbonyl (C=O) groups is 3. The zero-order chi connectivity index (χ0) is 16.8. The monoisotopic (exact) mass is 315 g/mol. The highest BCUT2D eigenvalue weighted by Crippen LogP contribution is 2.11. The van der Waals surface area contributed by atoms with Crippen molar-refractivity contribution >= 4 is 23.3 Å². The molecule has 0 saturated carbocycles. The van der Waals surface area contributed by atoms with E-state index in [1.54, 1.807) is 18.2 Å². The molecule has 0 bridgehead atoms. The SMILES string of the molecule is CC(=O)c1cccc(NC(=O)COC(=O)c2cccc(F)c2)c1. The molecule has 0 aliphatic heterocycles. The minimum Gasteiger partial charge on any atom is -0.452 e. The molecule has 0 spiro atoms. The largest absolute Gasteiger partial charge is 0.452 e. The van der Waals surface area contributed by atoms with Gasteiger partial charge in [0.05, 0.1) is 5.56 Å². The molecule has 0 aromatic heterocycles. The number of benzene rings is 2. The molecule has 0 saturated heterocycles. The maximum Gasteiger partial charge on any atom is 0.338 e. The van der Waals surface area contributed by atoms with Crippen molar-refractivity contribution in [3.63, 3.8) is 0 Å². The normalized spacial score (nSPS) is 10.0. The highest BCUT2D eigenvalue weighted by atomic mass is 19.1. The van der Waals surface area contributed by atoms with Crippen LogP contribution in [0.25, 0.3) is 0 Å². The first-order valence-electron chi connectivity index (χ1n) is 6.79. The molecule has 0 aliphatic carbocycles. The predicted octanol–water partition coefficient (Wildman–Crippen LogP) is 2.82. The number of ether oxygens (including phenoxy) is 1. The lowest BCUT2D eigenvalue weighted by Crippen LogP contribution is -2.21. The van der Waals surface area contributed by atoms with E-state index in [0.717, 1.165) is 6.07 Å². The van der Waals surface area contributed by atoms with E-state index in [4.69, 9.17) is 4.74 Å². The molecule has 23 heavy (non-hydrogen) atoms. The van der Waals surface area contributed by atoms with Crippen LogP contribution in [-0.4, -0.2) is 24.3 Å². The zero-order valence-corrected chi connectivity index (χ0v) is 12.3. The Bertz CT molecular complexity index is 758. The van der Waals surface area contributed by atoms with Crippen molar-refractivity contribution in [2.75, 3.05) is 11.9 Å². The lowest BCUT2D eigenvalue weighted by atomic mass is 10.1. The maximum absolute atomic E-state index is 13.0. The molecule has 2 aromatic rings. The number of hydrogen-bond acceptors (Lipinski definition) is 4. The molecule has 1 amide bonds. The van der Waals surface area contributed by atoms with E-state index in [9.17, 15) is 18.8 Å². The quantitative estimate of drug-likeness (QED) is 0.680. The van der Waals surface area contributed by atoms with Crippen LogP contribution in [0.1, 0.15) is 27.6 Å². The predicted molar refractivity (Wildman–Crippen MR) is 81.8 cm³/mol. The second-order valence-electron chi connectivity index (χ2n) is 4.77. The Hall–Kier alpha value is -3.02. The minimum absolute atomic E-state index is 0.0244. The fourth-order valence-electron chi connectivity index (χ4n) is 1.84. The molecular formula is C17H14FNO4. The third kappa shape index (κ3) is 4.74. The van der Waals surface area contributed by atoms with E-state index in [0.29, 0.717) is 11.3 Å². The van der Waals surface area contributed by atoms with Gasteiger partial charge in [-0.25, -0.2) is 9.18 Å². The summed E-state index contributed by atoms with van der Waals surface area (Å²) in [6.45, 7) is 0.904. The second kappa shape index (κ2) is 7.31. The summed E-state index contributed by atoms with van der Waals surface area (Å²) in [5, 5.41) is 2.51. The molecule has 2 rings (SSSR count). The molecule has 0 unspecified atom stereocenters. The summed E-state index contributed by atoms with van der Waals surface area (Å²) in [4.78, 5) is 34.7. The molecule has 0 atom stereocenters. The number of anilines is 1. The smallest absolute Gasteiger partial charge is 0.338 e. The first kappa shape index (κ1) is 16.4. The Morgan fingerprint density at radius 2 is 1.74 bits per heavy atom. The Balaban J connectivity index is 1.91. The standard InChI is InChI=1S/C17H14FNO4/c1-11(20)12-4-3-7-15(9-12)19-16(21)10-23-17(22)13-5-2-6-14(18)8-13/h2-9H,10H2,1H3,(H,19,21). The van der Waals surface area contributed by atoms with Gasteiger partial charge in [-0.1, -0.05) is 18.2 Å². The Morgan fingerprint density at radius 1 is 1.04 bits per heavy atom. The van der Waals surface area contributed by atoms with Gasteiger partial charge in [0.1, 0.15) is 5.82 Å². The van der Waals surface area contributed by atoms with Crippen molar-refractivity contribution in [1.82, 2.24) is 0 Å². The Morgan fingerprint density at radius 3 is 2.43 bits per heavy atom. The lowest BCUT2D eigenvalue weighted by Gasteiger charge is -2.07.